The van der Waals surface area contributed by atoms with Crippen molar-refractivity contribution < 1.29 is 9.84 Å². The van der Waals surface area contributed by atoms with Crippen LogP contribution in [0.25, 0.3) is 16.9 Å². The van der Waals surface area contributed by atoms with Crippen LogP contribution in [0.15, 0.2) is 54.0 Å². The van der Waals surface area contributed by atoms with Crippen LogP contribution in [0.2, 0.25) is 0 Å². The lowest BCUT2D eigenvalue weighted by Crippen LogP contribution is -2.35. The molecule has 41 heavy (non-hydrogen) atoms. The maximum atomic E-state index is 13.4. The van der Waals surface area contributed by atoms with E-state index in [1.165, 1.54) is 0 Å². The molecule has 1 fully saturated rings. The Morgan fingerprint density at radius 3 is 2.76 bits per heavy atom. The zero-order valence-corrected chi connectivity index (χ0v) is 23.9. The van der Waals surface area contributed by atoms with Crippen LogP contribution in [0.4, 0.5) is 11.6 Å². The van der Waals surface area contributed by atoms with Crippen molar-refractivity contribution in [2.45, 2.75) is 64.2 Å². The molecule has 214 valence electrons. The topological polar surface area (TPSA) is 110 Å². The molecule has 3 aromatic heterocycles. The van der Waals surface area contributed by atoms with E-state index in [1.54, 1.807) is 21.6 Å². The van der Waals surface area contributed by atoms with E-state index in [0.717, 1.165) is 54.9 Å². The van der Waals surface area contributed by atoms with Crippen molar-refractivity contribution in [3.63, 3.8) is 0 Å². The molecule has 0 radical (unpaired) electrons. The van der Waals surface area contributed by atoms with Gasteiger partial charge in [-0.25, -0.2) is 19.3 Å². The SMILES string of the molecule is C=CCn1c(=O)c2cnc(Nc3ccc(OC4CCN(C)CC4)c(C)c3)nc2n1-c1ccc2c(n1)[C@](O)(CC)CC2. The normalized spacial score (nSPS) is 19.4. The zero-order chi connectivity index (χ0) is 28.7. The van der Waals surface area contributed by atoms with Crippen molar-refractivity contribution in [3.8, 4) is 11.6 Å². The molecule has 1 aliphatic carbocycles. The molecule has 0 saturated carbocycles. The Balaban J connectivity index is 1.33. The predicted molar refractivity (Wildman–Crippen MR) is 159 cm³/mol. The van der Waals surface area contributed by atoms with E-state index in [9.17, 15) is 9.90 Å². The van der Waals surface area contributed by atoms with Gasteiger partial charge in [-0.15, -0.1) is 6.58 Å². The van der Waals surface area contributed by atoms with E-state index in [2.05, 4.69) is 28.8 Å². The molecule has 1 saturated heterocycles. The van der Waals surface area contributed by atoms with Crippen LogP contribution in [0.3, 0.4) is 0 Å². The Bertz CT molecular complexity index is 1670. The average molecular weight is 556 g/mol. The minimum Gasteiger partial charge on any atom is -0.490 e. The molecule has 2 aliphatic rings. The first-order chi connectivity index (χ1) is 19.8. The molecule has 10 nitrogen and oxygen atoms in total. The number of aromatic nitrogens is 5. The lowest BCUT2D eigenvalue weighted by Gasteiger charge is -2.29. The van der Waals surface area contributed by atoms with Gasteiger partial charge in [0.05, 0.1) is 12.2 Å². The molecule has 1 aliphatic heterocycles. The van der Waals surface area contributed by atoms with Crippen LogP contribution in [0, 0.1) is 6.92 Å². The van der Waals surface area contributed by atoms with E-state index in [1.807, 2.05) is 44.2 Å². The van der Waals surface area contributed by atoms with Gasteiger partial charge >= 0.3 is 0 Å². The number of hydrogen-bond donors (Lipinski definition) is 2. The summed E-state index contributed by atoms with van der Waals surface area (Å²) < 4.78 is 9.54. The summed E-state index contributed by atoms with van der Waals surface area (Å²) in [4.78, 5) is 29.8. The minimum atomic E-state index is -0.972. The smallest absolute Gasteiger partial charge is 0.278 e. The summed E-state index contributed by atoms with van der Waals surface area (Å²) in [5.41, 5.74) is 2.77. The minimum absolute atomic E-state index is 0.229. The van der Waals surface area contributed by atoms with Gasteiger partial charge in [-0.3, -0.25) is 4.79 Å². The molecule has 0 bridgehead atoms. The number of nitrogens with one attached hydrogen (secondary N) is 1. The van der Waals surface area contributed by atoms with Crippen LogP contribution in [0.5, 0.6) is 5.75 Å². The molecule has 1 atom stereocenters. The molecule has 0 amide bonds. The number of ether oxygens (including phenoxy) is 1. The molecule has 4 aromatic rings. The summed E-state index contributed by atoms with van der Waals surface area (Å²) in [6.07, 6.45) is 7.46. The molecule has 10 heteroatoms. The maximum absolute atomic E-state index is 13.4. The van der Waals surface area contributed by atoms with Gasteiger partial charge in [0.1, 0.15) is 22.8 Å². The zero-order valence-electron chi connectivity index (χ0n) is 23.9. The summed E-state index contributed by atoms with van der Waals surface area (Å²) in [7, 11) is 2.14. The number of pyridine rings is 1. The lowest BCUT2D eigenvalue weighted by atomic mass is 9.98. The second kappa shape index (κ2) is 10.8. The molecule has 0 unspecified atom stereocenters. The van der Waals surface area contributed by atoms with E-state index < -0.39 is 5.60 Å². The summed E-state index contributed by atoms with van der Waals surface area (Å²) in [5.74, 6) is 1.76. The van der Waals surface area contributed by atoms with E-state index in [0.29, 0.717) is 41.3 Å². The van der Waals surface area contributed by atoms with Gasteiger partial charge in [-0.05, 0) is 81.5 Å². The fourth-order valence-electron chi connectivity index (χ4n) is 5.88. The number of anilines is 2. The van der Waals surface area contributed by atoms with Crippen LogP contribution in [0.1, 0.15) is 49.4 Å². The summed E-state index contributed by atoms with van der Waals surface area (Å²) in [6, 6.07) is 9.81. The highest BCUT2D eigenvalue weighted by Gasteiger charge is 2.37. The molecular formula is C31H37N7O3. The Hall–Kier alpha value is -4.02. The molecule has 6 rings (SSSR count). The van der Waals surface area contributed by atoms with Gasteiger partial charge in [0.25, 0.3) is 5.56 Å². The Labute approximate surface area is 239 Å². The van der Waals surface area contributed by atoms with Crippen molar-refractivity contribution in [2.24, 2.45) is 0 Å². The van der Waals surface area contributed by atoms with E-state index in [4.69, 9.17) is 14.7 Å². The molecule has 2 N–H and O–H groups in total. The standard InChI is InChI=1S/C31H37N7O3/c1-5-15-37-29(39)24-19-32-30(33-22-8-9-25(20(3)18-22)41-23-12-16-36(4)17-13-23)35-28(24)38(37)26-10-7-21-11-14-31(40,6-2)27(21)34-26/h5,7-10,18-19,23,40H,1,6,11-17H2,2-4H3,(H,32,33,35)/t31-/m0/s1. The highest BCUT2D eigenvalue weighted by atomic mass is 16.5. The number of piperidine rings is 1. The predicted octanol–water partition coefficient (Wildman–Crippen LogP) is 4.23. The van der Waals surface area contributed by atoms with Gasteiger partial charge in [-0.1, -0.05) is 19.1 Å². The van der Waals surface area contributed by atoms with Crippen LogP contribution < -0.4 is 15.6 Å². The van der Waals surface area contributed by atoms with E-state index >= 15 is 0 Å². The first-order valence-corrected chi connectivity index (χ1v) is 14.3. The van der Waals surface area contributed by atoms with Crippen LogP contribution in [-0.2, 0) is 18.6 Å². The van der Waals surface area contributed by atoms with Gasteiger partial charge in [0.2, 0.25) is 5.95 Å². The highest BCUT2D eigenvalue weighted by Crippen LogP contribution is 2.38. The van der Waals surface area contributed by atoms with Crippen LogP contribution >= 0.6 is 0 Å². The Kier molecular flexibility index (Phi) is 7.13. The van der Waals surface area contributed by atoms with Crippen LogP contribution in [-0.4, -0.2) is 60.6 Å². The van der Waals surface area contributed by atoms with Crippen molar-refractivity contribution in [3.05, 3.63) is 76.4 Å². The highest BCUT2D eigenvalue weighted by molar-refractivity contribution is 5.77. The largest absolute Gasteiger partial charge is 0.490 e. The second-order valence-corrected chi connectivity index (χ2v) is 11.2. The quantitative estimate of drug-likeness (QED) is 0.311. The van der Waals surface area contributed by atoms with E-state index in [-0.39, 0.29) is 18.2 Å². The van der Waals surface area contributed by atoms with Gasteiger partial charge in [0.15, 0.2) is 11.5 Å². The summed E-state index contributed by atoms with van der Waals surface area (Å²) in [6.45, 7) is 10.2. The molecular weight excluding hydrogens is 518 g/mol. The molecule has 0 spiro atoms. The van der Waals surface area contributed by atoms with Crippen molar-refractivity contribution in [1.29, 1.82) is 0 Å². The fraction of sp³-hybridized carbons (Fsp3) is 0.419. The fourth-order valence-corrected chi connectivity index (χ4v) is 5.88. The second-order valence-electron chi connectivity index (χ2n) is 11.2. The number of fused-ring (bicyclic) bond motifs is 2. The molecule has 1 aromatic carbocycles. The first kappa shape index (κ1) is 27.2. The number of hydrogen-bond acceptors (Lipinski definition) is 8. The van der Waals surface area contributed by atoms with Gasteiger partial charge in [0, 0.05) is 25.0 Å². The number of allylic oxidation sites excluding steroid dienone is 1. The number of aryl methyl sites for hydroxylation is 2. The monoisotopic (exact) mass is 555 g/mol. The summed E-state index contributed by atoms with van der Waals surface area (Å²) in [5, 5.41) is 14.8. The third-order valence-corrected chi connectivity index (χ3v) is 8.38. The molecule has 4 heterocycles. The third kappa shape index (κ3) is 5.02. The number of nitrogens with zero attached hydrogens (tertiary/aromatic N) is 6. The average Bonchev–Trinajstić information content (AvgIpc) is 3.45. The van der Waals surface area contributed by atoms with Crippen molar-refractivity contribution in [1.82, 2.24) is 29.2 Å². The Morgan fingerprint density at radius 1 is 1.22 bits per heavy atom. The maximum Gasteiger partial charge on any atom is 0.278 e. The van der Waals surface area contributed by atoms with Crippen molar-refractivity contribution >= 4 is 22.7 Å². The Morgan fingerprint density at radius 2 is 2.02 bits per heavy atom. The van der Waals surface area contributed by atoms with Gasteiger partial charge in [-0.2, -0.15) is 4.98 Å². The number of likely N-dealkylation sites (tertiary alicyclic amines) is 1. The number of aliphatic hydroxyl groups is 1. The first-order valence-electron chi connectivity index (χ1n) is 14.3. The third-order valence-electron chi connectivity index (χ3n) is 8.38. The number of rotatable bonds is 8. The number of benzene rings is 1. The summed E-state index contributed by atoms with van der Waals surface area (Å²) >= 11 is 0. The van der Waals surface area contributed by atoms with Crippen molar-refractivity contribution in [2.75, 3.05) is 25.5 Å². The lowest BCUT2D eigenvalue weighted by molar-refractivity contribution is 0.0306. The van der Waals surface area contributed by atoms with Gasteiger partial charge < -0.3 is 20.1 Å².